The minimum absolute atomic E-state index is 0.0275. The number of hydrogen-bond donors (Lipinski definition) is 0. The Morgan fingerprint density at radius 3 is 2.90 bits per heavy atom. The molecule has 1 aromatic heterocycles. The van der Waals surface area contributed by atoms with E-state index in [1.165, 1.54) is 17.1 Å². The van der Waals surface area contributed by atoms with Crippen LogP contribution in [0.3, 0.4) is 0 Å². The van der Waals surface area contributed by atoms with Gasteiger partial charge in [-0.25, -0.2) is 0 Å². The van der Waals surface area contributed by atoms with E-state index in [0.717, 1.165) is 27.5 Å². The van der Waals surface area contributed by atoms with Gasteiger partial charge in [0.15, 0.2) is 0 Å². The number of benzene rings is 2. The predicted octanol–water partition coefficient (Wildman–Crippen LogP) is 2.08. The monoisotopic (exact) mass is 290 g/mol. The molecule has 1 aliphatic carbocycles. The summed E-state index contributed by atoms with van der Waals surface area (Å²) >= 11 is 1.24. The van der Waals surface area contributed by atoms with E-state index in [-0.39, 0.29) is 12.1 Å². The maximum atomic E-state index is 4.93. The summed E-state index contributed by atoms with van der Waals surface area (Å²) in [4.78, 5) is 9.82. The lowest BCUT2D eigenvalue weighted by molar-refractivity contribution is 0.577. The minimum Gasteiger partial charge on any atom is -0.272 e. The van der Waals surface area contributed by atoms with Crippen LogP contribution in [0.1, 0.15) is 17.4 Å². The van der Waals surface area contributed by atoms with Crippen LogP contribution in [-0.4, -0.2) is 14.8 Å². The van der Waals surface area contributed by atoms with E-state index in [1.807, 2.05) is 18.2 Å². The summed E-state index contributed by atoms with van der Waals surface area (Å²) in [6.45, 7) is 0. The Hall–Kier alpha value is -2.40. The van der Waals surface area contributed by atoms with Gasteiger partial charge in [-0.05, 0) is 17.5 Å². The molecule has 4 nitrogen and oxygen atoms in total. The van der Waals surface area contributed by atoms with Crippen LogP contribution in [-0.2, 0) is 0 Å². The van der Waals surface area contributed by atoms with E-state index < -0.39 is 0 Å². The van der Waals surface area contributed by atoms with E-state index in [1.54, 1.807) is 0 Å². The third-order valence-corrected chi connectivity index (χ3v) is 4.59. The van der Waals surface area contributed by atoms with Crippen LogP contribution in [0, 0.1) is 0 Å². The highest BCUT2D eigenvalue weighted by molar-refractivity contribution is 6.99. The van der Waals surface area contributed by atoms with Crippen molar-refractivity contribution in [2.24, 2.45) is 9.98 Å². The first kappa shape index (κ1) is 11.3. The molecule has 2 aliphatic rings. The normalized spacial score (nSPS) is 21.9. The topological polar surface area (TPSA) is 50.5 Å². The van der Waals surface area contributed by atoms with Crippen LogP contribution in [0.25, 0.3) is 16.8 Å². The Kier molecular flexibility index (Phi) is 2.18. The van der Waals surface area contributed by atoms with Gasteiger partial charge < -0.3 is 0 Å². The molecule has 0 N–H and O–H groups in total. The van der Waals surface area contributed by atoms with Crippen molar-refractivity contribution in [3.05, 3.63) is 64.6 Å². The van der Waals surface area contributed by atoms with Gasteiger partial charge in [-0.15, -0.1) is 0 Å². The molecule has 0 unspecified atom stereocenters. The largest absolute Gasteiger partial charge is 0.272 e. The van der Waals surface area contributed by atoms with E-state index in [4.69, 9.17) is 9.98 Å². The number of rotatable bonds is 0. The van der Waals surface area contributed by atoms with Gasteiger partial charge in [0, 0.05) is 5.39 Å². The molecule has 1 aliphatic heterocycles. The molecule has 5 heteroatoms. The first-order valence-electron chi connectivity index (χ1n) is 6.84. The van der Waals surface area contributed by atoms with Crippen molar-refractivity contribution in [3.63, 3.8) is 0 Å². The summed E-state index contributed by atoms with van der Waals surface area (Å²) in [5.41, 5.74) is 1.89. The second-order valence-electron chi connectivity index (χ2n) is 5.24. The predicted molar refractivity (Wildman–Crippen MR) is 81.7 cm³/mol. The molecule has 3 aromatic rings. The number of hydrogen-bond acceptors (Lipinski definition) is 5. The molecule has 5 rings (SSSR count). The summed E-state index contributed by atoms with van der Waals surface area (Å²) < 4.78 is 8.70. The summed E-state index contributed by atoms with van der Waals surface area (Å²) in [7, 11) is 0. The van der Waals surface area contributed by atoms with Gasteiger partial charge in [-0.1, -0.05) is 36.4 Å². The van der Waals surface area contributed by atoms with E-state index >= 15 is 0 Å². The highest BCUT2D eigenvalue weighted by Gasteiger charge is 2.30. The van der Waals surface area contributed by atoms with Crippen LogP contribution in [0.15, 0.2) is 52.5 Å². The van der Waals surface area contributed by atoms with Crippen molar-refractivity contribution in [1.82, 2.24) is 8.75 Å². The highest BCUT2D eigenvalue weighted by atomic mass is 32.1. The Labute approximate surface area is 124 Å². The van der Waals surface area contributed by atoms with Crippen molar-refractivity contribution in [3.8, 4) is 0 Å². The van der Waals surface area contributed by atoms with Gasteiger partial charge in [0.05, 0.1) is 28.5 Å². The molecule has 0 bridgehead atoms. The Morgan fingerprint density at radius 1 is 0.952 bits per heavy atom. The third-order valence-electron chi connectivity index (χ3n) is 4.03. The molecule has 0 radical (unpaired) electrons. The molecule has 100 valence electrons. The lowest BCUT2D eigenvalue weighted by Gasteiger charge is -2.22. The zero-order valence-corrected chi connectivity index (χ0v) is 11.8. The molecule has 2 aromatic carbocycles. The van der Waals surface area contributed by atoms with Gasteiger partial charge in [0.2, 0.25) is 0 Å². The molecule has 0 spiro atoms. The van der Waals surface area contributed by atoms with Crippen molar-refractivity contribution in [1.29, 1.82) is 0 Å². The molecular weight excluding hydrogens is 280 g/mol. The molecule has 0 amide bonds. The first-order valence-corrected chi connectivity index (χ1v) is 7.57. The van der Waals surface area contributed by atoms with Crippen LogP contribution in [0.5, 0.6) is 0 Å². The highest BCUT2D eigenvalue weighted by Crippen LogP contribution is 2.31. The average Bonchev–Trinajstić information content (AvgIpc) is 3.02. The summed E-state index contributed by atoms with van der Waals surface area (Å²) in [5.74, 6) is 0. The van der Waals surface area contributed by atoms with Crippen molar-refractivity contribution >= 4 is 28.6 Å². The standard InChI is InChI=1S/C16H10N4S/c1-2-4-10-9(3-1)5-6-11-14(10)17-12-7-8-13-16(15(12)18-11)20-21-19-13/h1-8,12,15H/t12-,15+/m1/s1. The maximum absolute atomic E-state index is 4.93. The second-order valence-corrected chi connectivity index (χ2v) is 5.77. The second kappa shape index (κ2) is 4.05. The van der Waals surface area contributed by atoms with Crippen LogP contribution >= 0.6 is 11.7 Å². The number of aromatic nitrogens is 2. The maximum Gasteiger partial charge on any atom is 0.122 e. The number of nitrogens with zero attached hydrogens (tertiary/aromatic N) is 4. The van der Waals surface area contributed by atoms with E-state index in [9.17, 15) is 0 Å². The fraction of sp³-hybridized carbons (Fsp3) is 0.125. The van der Waals surface area contributed by atoms with Gasteiger partial charge in [-0.2, -0.15) is 8.75 Å². The van der Waals surface area contributed by atoms with Gasteiger partial charge in [0.1, 0.15) is 17.4 Å². The molecule has 2 heterocycles. The molecule has 0 fully saturated rings. The zero-order valence-electron chi connectivity index (χ0n) is 11.0. The first-order chi connectivity index (χ1) is 10.4. The SMILES string of the molecule is C1=C[C@H]2N=c3c(ccc4ccccc34)=N[C@@H]2c2nsnc21. The fourth-order valence-electron chi connectivity index (χ4n) is 3.01. The van der Waals surface area contributed by atoms with Gasteiger partial charge >= 0.3 is 0 Å². The Balaban J connectivity index is 1.85. The van der Waals surface area contributed by atoms with Gasteiger partial charge in [0.25, 0.3) is 0 Å². The summed E-state index contributed by atoms with van der Waals surface area (Å²) in [6, 6.07) is 12.5. The van der Waals surface area contributed by atoms with Crippen molar-refractivity contribution < 1.29 is 0 Å². The van der Waals surface area contributed by atoms with E-state index in [0.29, 0.717) is 0 Å². The van der Waals surface area contributed by atoms with Crippen LogP contribution < -0.4 is 10.7 Å². The molecule has 0 saturated carbocycles. The molecule has 2 atom stereocenters. The Morgan fingerprint density at radius 2 is 1.90 bits per heavy atom. The van der Waals surface area contributed by atoms with Crippen LogP contribution in [0.4, 0.5) is 0 Å². The van der Waals surface area contributed by atoms with Gasteiger partial charge in [-0.3, -0.25) is 9.98 Å². The third kappa shape index (κ3) is 1.55. The lowest BCUT2D eigenvalue weighted by Crippen LogP contribution is -2.36. The van der Waals surface area contributed by atoms with E-state index in [2.05, 4.69) is 39.1 Å². The lowest BCUT2D eigenvalue weighted by atomic mass is 9.96. The smallest absolute Gasteiger partial charge is 0.122 e. The summed E-state index contributed by atoms with van der Waals surface area (Å²) in [5, 5.41) is 4.30. The molecule has 0 saturated heterocycles. The molecular formula is C16H10N4S. The fourth-order valence-corrected chi connectivity index (χ4v) is 3.59. The average molecular weight is 290 g/mol. The zero-order chi connectivity index (χ0) is 13.8. The van der Waals surface area contributed by atoms with Crippen LogP contribution in [0.2, 0.25) is 0 Å². The Bertz CT molecular complexity index is 1020. The van der Waals surface area contributed by atoms with Crippen molar-refractivity contribution in [2.75, 3.05) is 0 Å². The number of fused-ring (bicyclic) bond motifs is 6. The minimum atomic E-state index is -0.0302. The van der Waals surface area contributed by atoms with Crippen molar-refractivity contribution in [2.45, 2.75) is 12.1 Å². The summed E-state index contributed by atoms with van der Waals surface area (Å²) in [6.07, 6.45) is 4.09. The quantitative estimate of drug-likeness (QED) is 0.636. The molecule has 21 heavy (non-hydrogen) atoms.